The molecule has 0 spiro atoms. The van der Waals surface area contributed by atoms with Crippen LogP contribution in [0.15, 0.2) is 0 Å². The second kappa shape index (κ2) is 5.58. The largest absolute Gasteiger partial charge is 0.397 e. The summed E-state index contributed by atoms with van der Waals surface area (Å²) in [6.45, 7) is 3.48. The quantitative estimate of drug-likeness (QED) is 0.742. The number of hydrogen-bond acceptors (Lipinski definition) is 1. The predicted molar refractivity (Wildman–Crippen MR) is 52.8 cm³/mol. The minimum absolute atomic E-state index is 0.302. The predicted octanol–water partition coefficient (Wildman–Crippen LogP) is 2.85. The Bertz CT molecular complexity index is 220. The van der Waals surface area contributed by atoms with Crippen LogP contribution in [-0.2, 0) is 4.79 Å². The lowest BCUT2D eigenvalue weighted by Gasteiger charge is -2.29. The first-order chi connectivity index (χ1) is 6.72. The van der Waals surface area contributed by atoms with E-state index in [-0.39, 0.29) is 0 Å². The molecule has 0 heterocycles. The molecule has 0 bridgehead atoms. The second-order valence-electron chi connectivity index (χ2n) is 3.69. The summed E-state index contributed by atoms with van der Waals surface area (Å²) in [4.78, 5) is 11.0. The Morgan fingerprint density at radius 3 is 2.27 bits per heavy atom. The Morgan fingerprint density at radius 1 is 1.40 bits per heavy atom. The molecule has 0 fully saturated rings. The van der Waals surface area contributed by atoms with Crippen LogP contribution in [0, 0.1) is 0 Å². The molecule has 0 aliphatic heterocycles. The van der Waals surface area contributed by atoms with Gasteiger partial charge in [-0.3, -0.25) is 4.79 Å². The van der Waals surface area contributed by atoms with E-state index in [1.54, 1.807) is 13.8 Å². The van der Waals surface area contributed by atoms with Gasteiger partial charge in [0.1, 0.15) is 6.42 Å². The molecule has 0 aromatic rings. The number of amides is 1. The summed E-state index contributed by atoms with van der Waals surface area (Å²) < 4.78 is 35.7. The molecule has 0 saturated carbocycles. The first-order valence-corrected chi connectivity index (χ1v) is 5.19. The summed E-state index contributed by atoms with van der Waals surface area (Å²) in [6.07, 6.45) is -4.90. The molecule has 0 aromatic carbocycles. The molecule has 2 nitrogen and oxygen atoms in total. The highest BCUT2D eigenvalue weighted by molar-refractivity contribution is 6.17. The Morgan fingerprint density at radius 2 is 1.93 bits per heavy atom. The van der Waals surface area contributed by atoms with E-state index in [1.807, 2.05) is 0 Å². The summed E-state index contributed by atoms with van der Waals surface area (Å²) >= 11 is 5.51. The smallest absolute Gasteiger partial charge is 0.351 e. The van der Waals surface area contributed by atoms with Crippen LogP contribution >= 0.6 is 11.6 Å². The lowest BCUT2D eigenvalue weighted by molar-refractivity contribution is -0.155. The number of carbonyl (C=O) groups is 1. The maximum absolute atomic E-state index is 11.9. The minimum atomic E-state index is -4.46. The fraction of sp³-hybridized carbons (Fsp3) is 0.889. The van der Waals surface area contributed by atoms with E-state index in [2.05, 4.69) is 5.32 Å². The summed E-state index contributed by atoms with van der Waals surface area (Å²) in [5.41, 5.74) is -0.649. The van der Waals surface area contributed by atoms with E-state index in [1.165, 1.54) is 0 Å². The molecule has 0 aromatic heterocycles. The zero-order chi connectivity index (χ0) is 12.1. The molecular weight excluding hydrogens is 231 g/mol. The van der Waals surface area contributed by atoms with Crippen LogP contribution in [0.4, 0.5) is 13.2 Å². The van der Waals surface area contributed by atoms with Gasteiger partial charge >= 0.3 is 6.18 Å². The summed E-state index contributed by atoms with van der Waals surface area (Å²) in [7, 11) is 0. The van der Waals surface area contributed by atoms with Crippen LogP contribution in [-0.4, -0.2) is 23.5 Å². The number of alkyl halides is 4. The van der Waals surface area contributed by atoms with Gasteiger partial charge in [-0.15, -0.1) is 11.6 Å². The van der Waals surface area contributed by atoms with Gasteiger partial charge in [-0.05, 0) is 19.8 Å². The minimum Gasteiger partial charge on any atom is -0.351 e. The van der Waals surface area contributed by atoms with E-state index in [4.69, 9.17) is 11.6 Å². The zero-order valence-corrected chi connectivity index (χ0v) is 9.50. The molecule has 1 amide bonds. The maximum Gasteiger partial charge on any atom is 0.397 e. The fourth-order valence-electron chi connectivity index (χ4n) is 1.10. The molecule has 15 heavy (non-hydrogen) atoms. The molecule has 0 aliphatic rings. The molecule has 0 saturated heterocycles. The van der Waals surface area contributed by atoms with Gasteiger partial charge in [0.2, 0.25) is 5.91 Å². The molecule has 90 valence electrons. The van der Waals surface area contributed by atoms with E-state index in [0.717, 1.165) is 0 Å². The third-order valence-corrected chi connectivity index (χ3v) is 2.42. The van der Waals surface area contributed by atoms with E-state index in [9.17, 15) is 18.0 Å². The molecule has 6 heteroatoms. The van der Waals surface area contributed by atoms with Gasteiger partial charge in [-0.25, -0.2) is 0 Å². The Kier molecular flexibility index (Phi) is 5.42. The zero-order valence-electron chi connectivity index (χ0n) is 8.75. The van der Waals surface area contributed by atoms with E-state index < -0.39 is 24.0 Å². The normalized spacial score (nSPS) is 15.9. The summed E-state index contributed by atoms with van der Waals surface area (Å²) in [5.74, 6) is -0.701. The van der Waals surface area contributed by atoms with Gasteiger partial charge in [-0.2, -0.15) is 13.2 Å². The average molecular weight is 246 g/mol. The molecule has 0 rings (SSSR count). The van der Waals surface area contributed by atoms with Crippen molar-refractivity contribution in [2.24, 2.45) is 0 Å². The van der Waals surface area contributed by atoms with Crippen LogP contribution in [0.25, 0.3) is 0 Å². The SMILES string of the molecule is CCC(C)(CCCl)NC(=O)CC(F)(F)F. The van der Waals surface area contributed by atoms with Gasteiger partial charge in [-0.1, -0.05) is 6.92 Å². The third kappa shape index (κ3) is 6.60. The Labute approximate surface area is 92.2 Å². The van der Waals surface area contributed by atoms with Gasteiger partial charge in [0.05, 0.1) is 0 Å². The lowest BCUT2D eigenvalue weighted by Crippen LogP contribution is -2.47. The molecule has 1 unspecified atom stereocenters. The van der Waals surface area contributed by atoms with Crippen molar-refractivity contribution in [1.29, 1.82) is 0 Å². The number of hydrogen-bond donors (Lipinski definition) is 1. The van der Waals surface area contributed by atoms with Crippen molar-refractivity contribution in [3.05, 3.63) is 0 Å². The highest BCUT2D eigenvalue weighted by Crippen LogP contribution is 2.21. The van der Waals surface area contributed by atoms with Gasteiger partial charge < -0.3 is 5.32 Å². The monoisotopic (exact) mass is 245 g/mol. The van der Waals surface area contributed by atoms with Gasteiger partial charge in [0.15, 0.2) is 0 Å². The Hall–Kier alpha value is -0.450. The van der Waals surface area contributed by atoms with Crippen molar-refractivity contribution < 1.29 is 18.0 Å². The van der Waals surface area contributed by atoms with Crippen LogP contribution < -0.4 is 5.32 Å². The molecule has 1 atom stereocenters. The van der Waals surface area contributed by atoms with Crippen LogP contribution in [0.2, 0.25) is 0 Å². The average Bonchev–Trinajstić information content (AvgIpc) is 2.00. The van der Waals surface area contributed by atoms with Crippen molar-refractivity contribution in [3.8, 4) is 0 Å². The van der Waals surface area contributed by atoms with E-state index in [0.29, 0.717) is 18.7 Å². The number of nitrogens with one attached hydrogen (secondary N) is 1. The van der Waals surface area contributed by atoms with Gasteiger partial charge in [0, 0.05) is 11.4 Å². The lowest BCUT2D eigenvalue weighted by atomic mass is 9.95. The number of halogens is 4. The first kappa shape index (κ1) is 14.6. The molecule has 0 aliphatic carbocycles. The van der Waals surface area contributed by atoms with Crippen LogP contribution in [0.3, 0.4) is 0 Å². The summed E-state index contributed by atoms with van der Waals surface area (Å²) in [5, 5.41) is 2.36. The highest BCUT2D eigenvalue weighted by Gasteiger charge is 2.33. The Balaban J connectivity index is 4.24. The van der Waals surface area contributed by atoms with Crippen molar-refractivity contribution in [2.45, 2.75) is 44.8 Å². The fourth-order valence-corrected chi connectivity index (χ4v) is 1.52. The molecule has 0 radical (unpaired) electrons. The van der Waals surface area contributed by atoms with Gasteiger partial charge in [0.25, 0.3) is 0 Å². The third-order valence-electron chi connectivity index (χ3n) is 2.23. The topological polar surface area (TPSA) is 29.1 Å². The van der Waals surface area contributed by atoms with Crippen molar-refractivity contribution in [3.63, 3.8) is 0 Å². The number of carbonyl (C=O) groups excluding carboxylic acids is 1. The molecule has 1 N–H and O–H groups in total. The van der Waals surface area contributed by atoms with Crippen molar-refractivity contribution >= 4 is 17.5 Å². The molecular formula is C9H15ClF3NO. The summed E-state index contributed by atoms with van der Waals surface area (Å²) in [6, 6.07) is 0. The van der Waals surface area contributed by atoms with Crippen molar-refractivity contribution in [2.75, 3.05) is 5.88 Å². The van der Waals surface area contributed by atoms with Crippen molar-refractivity contribution in [1.82, 2.24) is 5.32 Å². The highest BCUT2D eigenvalue weighted by atomic mass is 35.5. The number of rotatable bonds is 5. The second-order valence-corrected chi connectivity index (χ2v) is 4.07. The van der Waals surface area contributed by atoms with E-state index >= 15 is 0 Å². The standard InChI is InChI=1S/C9H15ClF3NO/c1-3-8(2,4-5-10)14-7(15)6-9(11,12)13/h3-6H2,1-2H3,(H,14,15). The van der Waals surface area contributed by atoms with Crippen LogP contribution in [0.5, 0.6) is 0 Å². The maximum atomic E-state index is 11.9. The first-order valence-electron chi connectivity index (χ1n) is 4.66. The van der Waals surface area contributed by atoms with Crippen LogP contribution in [0.1, 0.15) is 33.1 Å².